The van der Waals surface area contributed by atoms with Crippen molar-refractivity contribution in [1.82, 2.24) is 0 Å². The molecule has 3 aromatic rings. The number of rotatable bonds is 5. The first-order valence-corrected chi connectivity index (χ1v) is 9.19. The van der Waals surface area contributed by atoms with Crippen molar-refractivity contribution < 1.29 is 17.9 Å². The summed E-state index contributed by atoms with van der Waals surface area (Å²) in [6.45, 7) is -0.268. The summed E-state index contributed by atoms with van der Waals surface area (Å²) < 4.78 is 40.3. The highest BCUT2D eigenvalue weighted by atomic mass is 19.4. The summed E-state index contributed by atoms with van der Waals surface area (Å²) in [5.74, 6) is 0. The largest absolute Gasteiger partial charge is 0.522 e. The Kier molecular flexibility index (Phi) is 4.62. The van der Waals surface area contributed by atoms with Crippen LogP contribution in [-0.4, -0.2) is 13.0 Å². The van der Waals surface area contributed by atoms with E-state index in [1.165, 1.54) is 38.2 Å². The predicted octanol–water partition coefficient (Wildman–Crippen LogP) is 6.34. The fraction of sp³-hybridized carbons (Fsp3) is 0.364. The van der Waals surface area contributed by atoms with Gasteiger partial charge in [-0.25, -0.2) is 0 Å². The fourth-order valence-electron chi connectivity index (χ4n) is 4.29. The van der Waals surface area contributed by atoms with Crippen molar-refractivity contribution in [2.24, 2.45) is 0 Å². The zero-order valence-electron chi connectivity index (χ0n) is 14.5. The Morgan fingerprint density at radius 3 is 2.42 bits per heavy atom. The average molecular weight is 358 g/mol. The number of unbranched alkanes of at least 4 members (excludes halogenated alkanes) is 1. The Morgan fingerprint density at radius 2 is 1.62 bits per heavy atom. The maximum absolute atomic E-state index is 12.1. The van der Waals surface area contributed by atoms with Crippen LogP contribution in [0.3, 0.4) is 0 Å². The first-order chi connectivity index (χ1) is 12.5. The van der Waals surface area contributed by atoms with Crippen molar-refractivity contribution in [2.45, 2.75) is 44.9 Å². The van der Waals surface area contributed by atoms with E-state index in [0.29, 0.717) is 12.8 Å². The van der Waals surface area contributed by atoms with E-state index >= 15 is 0 Å². The van der Waals surface area contributed by atoms with E-state index in [-0.39, 0.29) is 6.61 Å². The van der Waals surface area contributed by atoms with Gasteiger partial charge in [-0.15, -0.1) is 13.2 Å². The van der Waals surface area contributed by atoms with E-state index in [2.05, 4.69) is 41.1 Å². The number of hydrogen-bond acceptors (Lipinski definition) is 1. The maximum Gasteiger partial charge on any atom is 0.522 e. The molecule has 0 aromatic heterocycles. The van der Waals surface area contributed by atoms with Crippen LogP contribution in [0.25, 0.3) is 21.5 Å². The zero-order chi connectivity index (χ0) is 18.1. The molecule has 0 bridgehead atoms. The molecule has 0 spiro atoms. The molecular formula is C22H21F3O. The molecule has 26 heavy (non-hydrogen) atoms. The Labute approximate surface area is 150 Å². The van der Waals surface area contributed by atoms with E-state index in [9.17, 15) is 13.2 Å². The second kappa shape index (κ2) is 6.92. The van der Waals surface area contributed by atoms with Gasteiger partial charge in [-0.1, -0.05) is 42.5 Å². The number of aryl methyl sites for hydroxylation is 3. The molecule has 3 aromatic carbocycles. The second-order valence-corrected chi connectivity index (χ2v) is 6.95. The van der Waals surface area contributed by atoms with E-state index in [0.717, 1.165) is 25.7 Å². The summed E-state index contributed by atoms with van der Waals surface area (Å²) >= 11 is 0. The molecule has 4 heteroatoms. The predicted molar refractivity (Wildman–Crippen MR) is 98.4 cm³/mol. The summed E-state index contributed by atoms with van der Waals surface area (Å²) in [4.78, 5) is 0. The Morgan fingerprint density at radius 1 is 0.846 bits per heavy atom. The lowest BCUT2D eigenvalue weighted by Crippen LogP contribution is -2.14. The summed E-state index contributed by atoms with van der Waals surface area (Å²) in [6.07, 6.45) is 0.647. The third-order valence-electron chi connectivity index (χ3n) is 5.32. The van der Waals surface area contributed by atoms with E-state index in [4.69, 9.17) is 0 Å². The molecule has 4 rings (SSSR count). The third-order valence-corrected chi connectivity index (χ3v) is 5.32. The number of benzene rings is 3. The quantitative estimate of drug-likeness (QED) is 0.382. The summed E-state index contributed by atoms with van der Waals surface area (Å²) in [5.41, 5.74) is 4.11. The first kappa shape index (κ1) is 17.3. The lowest BCUT2D eigenvalue weighted by atomic mass is 9.81. The van der Waals surface area contributed by atoms with Crippen LogP contribution >= 0.6 is 0 Å². The van der Waals surface area contributed by atoms with Gasteiger partial charge in [-0.2, -0.15) is 0 Å². The molecule has 0 saturated carbocycles. The van der Waals surface area contributed by atoms with E-state index in [1.54, 1.807) is 0 Å². The van der Waals surface area contributed by atoms with Gasteiger partial charge in [0.15, 0.2) is 0 Å². The van der Waals surface area contributed by atoms with Gasteiger partial charge in [-0.3, -0.25) is 4.74 Å². The molecule has 136 valence electrons. The van der Waals surface area contributed by atoms with Crippen LogP contribution in [0, 0.1) is 0 Å². The summed E-state index contributed by atoms with van der Waals surface area (Å²) in [7, 11) is 0. The van der Waals surface area contributed by atoms with E-state index < -0.39 is 6.36 Å². The summed E-state index contributed by atoms with van der Waals surface area (Å²) in [5, 5.41) is 5.17. The van der Waals surface area contributed by atoms with Gasteiger partial charge in [0.25, 0.3) is 0 Å². The number of alkyl halides is 3. The molecule has 0 radical (unpaired) electrons. The molecule has 0 fully saturated rings. The van der Waals surface area contributed by atoms with Crippen molar-refractivity contribution in [3.05, 3.63) is 59.2 Å². The lowest BCUT2D eigenvalue weighted by Gasteiger charge is -2.23. The Bertz CT molecular complexity index is 943. The molecule has 0 saturated heterocycles. The topological polar surface area (TPSA) is 9.23 Å². The average Bonchev–Trinajstić information content (AvgIpc) is 2.63. The first-order valence-electron chi connectivity index (χ1n) is 9.19. The van der Waals surface area contributed by atoms with Crippen LogP contribution in [0.4, 0.5) is 13.2 Å². The van der Waals surface area contributed by atoms with Gasteiger partial charge in [0.05, 0.1) is 6.61 Å². The highest BCUT2D eigenvalue weighted by molar-refractivity contribution is 6.12. The maximum atomic E-state index is 12.1. The minimum Gasteiger partial charge on any atom is -0.292 e. The molecule has 1 aliphatic rings. The zero-order valence-corrected chi connectivity index (χ0v) is 14.5. The van der Waals surface area contributed by atoms with Crippen LogP contribution in [0.2, 0.25) is 0 Å². The smallest absolute Gasteiger partial charge is 0.292 e. The van der Waals surface area contributed by atoms with E-state index in [1.807, 2.05) is 6.07 Å². The van der Waals surface area contributed by atoms with Crippen LogP contribution in [0.5, 0.6) is 0 Å². The molecule has 0 aliphatic heterocycles. The van der Waals surface area contributed by atoms with Gasteiger partial charge >= 0.3 is 6.36 Å². The van der Waals surface area contributed by atoms with Gasteiger partial charge in [0, 0.05) is 0 Å². The molecule has 1 aliphatic carbocycles. The van der Waals surface area contributed by atoms with Crippen LogP contribution in [-0.2, 0) is 24.0 Å². The summed E-state index contributed by atoms with van der Waals surface area (Å²) in [6, 6.07) is 14.9. The Hall–Kier alpha value is -2.07. The molecule has 0 amide bonds. The van der Waals surface area contributed by atoms with Crippen molar-refractivity contribution in [2.75, 3.05) is 6.61 Å². The monoisotopic (exact) mass is 358 g/mol. The highest BCUT2D eigenvalue weighted by Crippen LogP contribution is 2.39. The minimum absolute atomic E-state index is 0.268. The molecule has 0 heterocycles. The van der Waals surface area contributed by atoms with Gasteiger partial charge < -0.3 is 0 Å². The molecule has 0 unspecified atom stereocenters. The standard InChI is InChI=1S/C22H21F3O/c23-22(24,25)26-14-4-3-11-18-16-9-1-2-10-17(16)19-12-5-7-15-8-6-13-20(18)21(15)19/h1-2,5,7,9-10,12H,3-4,6,8,11,13-14H2. The van der Waals surface area contributed by atoms with Crippen LogP contribution in [0.15, 0.2) is 42.5 Å². The van der Waals surface area contributed by atoms with Crippen molar-refractivity contribution in [3.63, 3.8) is 0 Å². The normalized spacial score (nSPS) is 14.3. The molecule has 0 N–H and O–H groups in total. The number of halogens is 3. The highest BCUT2D eigenvalue weighted by Gasteiger charge is 2.28. The molecule has 1 nitrogen and oxygen atoms in total. The number of fused-ring (bicyclic) bond motifs is 2. The lowest BCUT2D eigenvalue weighted by molar-refractivity contribution is -0.324. The van der Waals surface area contributed by atoms with Crippen LogP contribution < -0.4 is 0 Å². The van der Waals surface area contributed by atoms with Crippen molar-refractivity contribution >= 4 is 21.5 Å². The number of ether oxygens (including phenoxy) is 1. The van der Waals surface area contributed by atoms with Gasteiger partial charge in [-0.05, 0) is 76.8 Å². The third kappa shape index (κ3) is 3.30. The molecular weight excluding hydrogens is 337 g/mol. The number of hydrogen-bond donors (Lipinski definition) is 0. The Balaban J connectivity index is 1.70. The second-order valence-electron chi connectivity index (χ2n) is 6.95. The SMILES string of the molecule is FC(F)(F)OCCCCc1c2c3c(cccc3c3ccccc13)CCC2. The van der Waals surface area contributed by atoms with Crippen molar-refractivity contribution in [3.8, 4) is 0 Å². The fourth-order valence-corrected chi connectivity index (χ4v) is 4.29. The minimum atomic E-state index is -4.53. The van der Waals surface area contributed by atoms with Gasteiger partial charge in [0.1, 0.15) is 0 Å². The molecule has 0 atom stereocenters. The van der Waals surface area contributed by atoms with Gasteiger partial charge in [0.2, 0.25) is 0 Å². The van der Waals surface area contributed by atoms with Crippen LogP contribution in [0.1, 0.15) is 36.0 Å². The van der Waals surface area contributed by atoms with Crippen molar-refractivity contribution in [1.29, 1.82) is 0 Å².